The molecule has 2 fully saturated rings. The van der Waals surface area contributed by atoms with Crippen molar-refractivity contribution in [3.63, 3.8) is 0 Å². The van der Waals surface area contributed by atoms with E-state index in [9.17, 15) is 15.3 Å². The molecule has 0 spiro atoms. The fourth-order valence-electron chi connectivity index (χ4n) is 3.01. The van der Waals surface area contributed by atoms with Crippen LogP contribution in [0.25, 0.3) is 0 Å². The van der Waals surface area contributed by atoms with Crippen LogP contribution in [0.4, 0.5) is 0 Å². The van der Waals surface area contributed by atoms with E-state index < -0.39 is 36.3 Å². The second-order valence-electron chi connectivity index (χ2n) is 6.33. The Morgan fingerprint density at radius 3 is 2.35 bits per heavy atom. The predicted octanol–water partition coefficient (Wildman–Crippen LogP) is 0.177. The quantitative estimate of drug-likeness (QED) is 0.672. The first-order chi connectivity index (χ1) is 9.20. The molecule has 3 N–H and O–H groups in total. The highest BCUT2D eigenvalue weighted by Crippen LogP contribution is 2.32. The number of aliphatic hydroxyl groups is 3. The van der Waals surface area contributed by atoms with Gasteiger partial charge in [0.15, 0.2) is 6.29 Å². The minimum atomic E-state index is -1.25. The summed E-state index contributed by atoms with van der Waals surface area (Å²) in [5.41, 5.74) is -1.25. The average molecular weight is 290 g/mol. The van der Waals surface area contributed by atoms with Gasteiger partial charge < -0.3 is 29.5 Å². The summed E-state index contributed by atoms with van der Waals surface area (Å²) in [5, 5.41) is 30.2. The monoisotopic (exact) mass is 290 g/mol. The summed E-state index contributed by atoms with van der Waals surface area (Å²) in [7, 11) is 0. The van der Waals surface area contributed by atoms with Crippen LogP contribution in [0.15, 0.2) is 0 Å². The molecule has 2 heterocycles. The summed E-state index contributed by atoms with van der Waals surface area (Å²) in [5.74, 6) is 0. The average Bonchev–Trinajstić information content (AvgIpc) is 2.32. The van der Waals surface area contributed by atoms with Gasteiger partial charge in [-0.05, 0) is 27.7 Å². The zero-order valence-corrected chi connectivity index (χ0v) is 12.5. The molecule has 2 saturated heterocycles. The highest BCUT2D eigenvalue weighted by Gasteiger charge is 2.45. The Kier molecular flexibility index (Phi) is 4.73. The lowest BCUT2D eigenvalue weighted by Gasteiger charge is -2.44. The fourth-order valence-corrected chi connectivity index (χ4v) is 3.01. The molecule has 2 unspecified atom stereocenters. The molecule has 0 aromatic carbocycles. The van der Waals surface area contributed by atoms with Gasteiger partial charge in [0.05, 0.1) is 30.0 Å². The van der Waals surface area contributed by atoms with Crippen molar-refractivity contribution >= 4 is 0 Å². The minimum absolute atomic E-state index is 0.00511. The Morgan fingerprint density at radius 2 is 1.75 bits per heavy atom. The van der Waals surface area contributed by atoms with Crippen LogP contribution in [-0.4, -0.2) is 63.8 Å². The van der Waals surface area contributed by atoms with Crippen molar-refractivity contribution in [2.24, 2.45) is 0 Å². The van der Waals surface area contributed by atoms with Crippen molar-refractivity contribution in [3.8, 4) is 0 Å². The van der Waals surface area contributed by atoms with Crippen molar-refractivity contribution in [3.05, 3.63) is 0 Å². The van der Waals surface area contributed by atoms with Crippen molar-refractivity contribution in [1.82, 2.24) is 0 Å². The summed E-state index contributed by atoms with van der Waals surface area (Å²) in [6.45, 7) is 7.00. The van der Waals surface area contributed by atoms with Crippen LogP contribution in [0.5, 0.6) is 0 Å². The third-order valence-electron chi connectivity index (χ3n) is 4.23. The Bertz CT molecular complexity index is 334. The number of rotatable bonds is 2. The molecule has 20 heavy (non-hydrogen) atoms. The van der Waals surface area contributed by atoms with Gasteiger partial charge in [0.1, 0.15) is 12.2 Å². The highest BCUT2D eigenvalue weighted by atomic mass is 16.7. The lowest BCUT2D eigenvalue weighted by molar-refractivity contribution is -0.302. The van der Waals surface area contributed by atoms with E-state index in [2.05, 4.69) is 0 Å². The minimum Gasteiger partial charge on any atom is -0.388 e. The van der Waals surface area contributed by atoms with Gasteiger partial charge in [0.25, 0.3) is 0 Å². The summed E-state index contributed by atoms with van der Waals surface area (Å²) >= 11 is 0. The van der Waals surface area contributed by atoms with Crippen molar-refractivity contribution in [1.29, 1.82) is 0 Å². The predicted molar refractivity (Wildman–Crippen MR) is 71.1 cm³/mol. The molecule has 0 amide bonds. The molecule has 6 heteroatoms. The molecule has 118 valence electrons. The first kappa shape index (κ1) is 16.1. The maximum atomic E-state index is 10.2. The third-order valence-corrected chi connectivity index (χ3v) is 4.23. The van der Waals surface area contributed by atoms with Crippen molar-refractivity contribution < 1.29 is 29.5 Å². The summed E-state index contributed by atoms with van der Waals surface area (Å²) in [6.07, 6.45) is -2.76. The molecule has 0 radical (unpaired) electrons. The van der Waals surface area contributed by atoms with Crippen LogP contribution in [0.1, 0.15) is 40.5 Å². The Hall–Kier alpha value is -0.240. The normalized spacial score (nSPS) is 53.9. The molecular weight excluding hydrogens is 264 g/mol. The second kappa shape index (κ2) is 5.87. The van der Waals surface area contributed by atoms with Gasteiger partial charge in [-0.3, -0.25) is 0 Å². The van der Waals surface area contributed by atoms with E-state index in [-0.39, 0.29) is 18.6 Å². The van der Waals surface area contributed by atoms with Gasteiger partial charge in [-0.1, -0.05) is 0 Å². The third kappa shape index (κ3) is 3.32. The van der Waals surface area contributed by atoms with Crippen LogP contribution in [0, 0.1) is 0 Å². The number of hydrogen-bond acceptors (Lipinski definition) is 6. The van der Waals surface area contributed by atoms with Crippen LogP contribution in [-0.2, 0) is 14.2 Å². The van der Waals surface area contributed by atoms with E-state index in [0.29, 0.717) is 6.42 Å². The molecule has 2 rings (SSSR count). The lowest BCUT2D eigenvalue weighted by atomic mass is 9.89. The van der Waals surface area contributed by atoms with Crippen molar-refractivity contribution in [2.45, 2.75) is 89.1 Å². The van der Waals surface area contributed by atoms with Crippen LogP contribution < -0.4 is 0 Å². The number of aliphatic hydroxyl groups excluding tert-OH is 2. The van der Waals surface area contributed by atoms with E-state index >= 15 is 0 Å². The van der Waals surface area contributed by atoms with Gasteiger partial charge >= 0.3 is 0 Å². The number of hydrogen-bond donors (Lipinski definition) is 3. The summed E-state index contributed by atoms with van der Waals surface area (Å²) < 4.78 is 16.9. The molecule has 0 saturated carbocycles. The maximum Gasteiger partial charge on any atom is 0.161 e. The van der Waals surface area contributed by atoms with Gasteiger partial charge in [0.2, 0.25) is 0 Å². The van der Waals surface area contributed by atoms with E-state index in [1.807, 2.05) is 6.92 Å². The molecular formula is C14H26O6. The van der Waals surface area contributed by atoms with Gasteiger partial charge in [-0.25, -0.2) is 0 Å². The van der Waals surface area contributed by atoms with Crippen LogP contribution in [0.2, 0.25) is 0 Å². The molecule has 0 aromatic rings. The fraction of sp³-hybridized carbons (Fsp3) is 1.00. The smallest absolute Gasteiger partial charge is 0.161 e. The van der Waals surface area contributed by atoms with Gasteiger partial charge in [-0.15, -0.1) is 0 Å². The largest absolute Gasteiger partial charge is 0.388 e. The van der Waals surface area contributed by atoms with E-state index in [4.69, 9.17) is 14.2 Å². The Morgan fingerprint density at radius 1 is 1.10 bits per heavy atom. The zero-order chi connectivity index (χ0) is 15.1. The summed E-state index contributed by atoms with van der Waals surface area (Å²) in [6, 6.07) is 0. The van der Waals surface area contributed by atoms with E-state index in [0.717, 1.165) is 0 Å². The molecule has 2 aliphatic rings. The molecule has 6 nitrogen and oxygen atoms in total. The van der Waals surface area contributed by atoms with Gasteiger partial charge in [-0.2, -0.15) is 0 Å². The first-order valence-corrected chi connectivity index (χ1v) is 7.25. The molecule has 8 atom stereocenters. The van der Waals surface area contributed by atoms with E-state index in [1.54, 1.807) is 20.8 Å². The molecule has 0 bridgehead atoms. The molecule has 0 aromatic heterocycles. The number of ether oxygens (including phenoxy) is 3. The maximum absolute atomic E-state index is 10.2. The van der Waals surface area contributed by atoms with Crippen LogP contribution in [0.3, 0.4) is 0 Å². The Balaban J connectivity index is 1.99. The molecule has 0 aliphatic carbocycles. The second-order valence-corrected chi connectivity index (χ2v) is 6.33. The van der Waals surface area contributed by atoms with Crippen LogP contribution >= 0.6 is 0 Å². The van der Waals surface area contributed by atoms with Crippen molar-refractivity contribution in [2.75, 3.05) is 0 Å². The lowest BCUT2D eigenvalue weighted by Crippen LogP contribution is -2.57. The topological polar surface area (TPSA) is 88.4 Å². The summed E-state index contributed by atoms with van der Waals surface area (Å²) in [4.78, 5) is 0. The van der Waals surface area contributed by atoms with E-state index in [1.165, 1.54) is 0 Å². The van der Waals surface area contributed by atoms with Gasteiger partial charge in [0, 0.05) is 12.8 Å². The first-order valence-electron chi connectivity index (χ1n) is 7.25. The highest BCUT2D eigenvalue weighted by molar-refractivity contribution is 4.92. The Labute approximate surface area is 119 Å². The molecule has 2 aliphatic heterocycles. The SMILES string of the molecule is CC1O[C@@H](C)C[C@H](O[C@H]2C[C@](C)(O)[C@@H](O)C(C)O2)[C@H]1O. The standard InChI is InChI=1S/C14H26O6/c1-7-5-10(12(15)8(2)18-7)20-11-6-14(4,17)13(16)9(3)19-11/h7-13,15-17H,5-6H2,1-4H3/t7-,8?,9?,10-,11-,12-,13-,14-/m0/s1. The zero-order valence-electron chi connectivity index (χ0n) is 12.5.